The molecular formula is C15H25N3OS. The molecule has 1 aliphatic heterocycles. The third-order valence-corrected chi connectivity index (χ3v) is 5.09. The number of hydrogen-bond donors (Lipinski definition) is 2. The van der Waals surface area contributed by atoms with Gasteiger partial charge in [0.15, 0.2) is 0 Å². The maximum Gasteiger partial charge on any atom is 0.261 e. The first-order chi connectivity index (χ1) is 9.58. The highest BCUT2D eigenvalue weighted by atomic mass is 32.1. The molecule has 1 aromatic heterocycles. The number of aryl methyl sites for hydroxylation is 1. The fourth-order valence-corrected chi connectivity index (χ4v) is 3.53. The largest absolute Gasteiger partial charge is 0.398 e. The minimum Gasteiger partial charge on any atom is -0.398 e. The molecule has 4 nitrogen and oxygen atoms in total. The molecule has 0 spiro atoms. The zero-order valence-electron chi connectivity index (χ0n) is 12.4. The minimum atomic E-state index is 0.00138. The maximum atomic E-state index is 12.0. The number of carbonyl (C=O) groups is 1. The van der Waals surface area contributed by atoms with E-state index in [2.05, 4.69) is 17.1 Å². The molecular weight excluding hydrogens is 270 g/mol. The lowest BCUT2D eigenvalue weighted by atomic mass is 10.0. The Labute approximate surface area is 125 Å². The number of nitrogen functional groups attached to an aromatic ring is 1. The van der Waals surface area contributed by atoms with Crippen LogP contribution in [0.3, 0.4) is 0 Å². The van der Waals surface area contributed by atoms with E-state index in [4.69, 9.17) is 5.73 Å². The first-order valence-corrected chi connectivity index (χ1v) is 8.27. The van der Waals surface area contributed by atoms with Crippen molar-refractivity contribution in [2.24, 2.45) is 0 Å². The van der Waals surface area contributed by atoms with Crippen molar-refractivity contribution in [2.75, 3.05) is 25.4 Å². The van der Waals surface area contributed by atoms with Gasteiger partial charge in [-0.25, -0.2) is 0 Å². The lowest BCUT2D eigenvalue weighted by Crippen LogP contribution is -2.39. The van der Waals surface area contributed by atoms with Crippen LogP contribution in [0.5, 0.6) is 0 Å². The van der Waals surface area contributed by atoms with Gasteiger partial charge in [0.1, 0.15) is 0 Å². The molecule has 1 fully saturated rings. The molecule has 1 saturated heterocycles. The van der Waals surface area contributed by atoms with Crippen LogP contribution >= 0.6 is 11.3 Å². The lowest BCUT2D eigenvalue weighted by molar-refractivity contribution is 0.0953. The van der Waals surface area contributed by atoms with Crippen LogP contribution in [-0.2, 0) is 0 Å². The van der Waals surface area contributed by atoms with Crippen LogP contribution in [-0.4, -0.2) is 36.5 Å². The van der Waals surface area contributed by atoms with Gasteiger partial charge >= 0.3 is 0 Å². The normalized spacial score (nSPS) is 20.0. The Morgan fingerprint density at radius 1 is 1.55 bits per heavy atom. The highest BCUT2D eigenvalue weighted by molar-refractivity contribution is 7.14. The monoisotopic (exact) mass is 295 g/mol. The SMILES string of the molecule is Cc1sc(C(=O)NCCCN2CCCCC2C)cc1N. The van der Waals surface area contributed by atoms with E-state index in [1.54, 1.807) is 6.07 Å². The fourth-order valence-electron chi connectivity index (χ4n) is 2.67. The number of nitrogens with zero attached hydrogens (tertiary/aromatic N) is 1. The van der Waals surface area contributed by atoms with Crippen molar-refractivity contribution >= 4 is 22.9 Å². The number of hydrogen-bond acceptors (Lipinski definition) is 4. The van der Waals surface area contributed by atoms with Crippen molar-refractivity contribution < 1.29 is 4.79 Å². The average Bonchev–Trinajstić information content (AvgIpc) is 2.76. The van der Waals surface area contributed by atoms with Gasteiger partial charge in [-0.15, -0.1) is 11.3 Å². The molecule has 0 saturated carbocycles. The van der Waals surface area contributed by atoms with Crippen molar-refractivity contribution in [3.05, 3.63) is 15.8 Å². The molecule has 0 bridgehead atoms. The molecule has 2 heterocycles. The Hall–Kier alpha value is -1.07. The van der Waals surface area contributed by atoms with Crippen LogP contribution in [0.2, 0.25) is 0 Å². The molecule has 20 heavy (non-hydrogen) atoms. The molecule has 1 amide bonds. The molecule has 1 atom stereocenters. The van der Waals surface area contributed by atoms with Crippen LogP contribution in [0.1, 0.15) is 47.2 Å². The molecule has 2 rings (SSSR count). The molecule has 112 valence electrons. The van der Waals surface area contributed by atoms with Crippen LogP contribution < -0.4 is 11.1 Å². The Balaban J connectivity index is 1.69. The van der Waals surface area contributed by atoms with Gasteiger partial charge in [-0.1, -0.05) is 6.42 Å². The number of anilines is 1. The molecule has 0 aliphatic carbocycles. The quantitative estimate of drug-likeness (QED) is 0.821. The summed E-state index contributed by atoms with van der Waals surface area (Å²) >= 11 is 1.46. The second kappa shape index (κ2) is 7.09. The van der Waals surface area contributed by atoms with Crippen molar-refractivity contribution in [3.63, 3.8) is 0 Å². The predicted molar refractivity (Wildman–Crippen MR) is 85.3 cm³/mol. The second-order valence-electron chi connectivity index (χ2n) is 5.61. The molecule has 0 radical (unpaired) electrons. The van der Waals surface area contributed by atoms with E-state index in [0.717, 1.165) is 24.4 Å². The molecule has 3 N–H and O–H groups in total. The van der Waals surface area contributed by atoms with Crippen molar-refractivity contribution in [3.8, 4) is 0 Å². The minimum absolute atomic E-state index is 0.00138. The highest BCUT2D eigenvalue weighted by Crippen LogP contribution is 2.23. The van der Waals surface area contributed by atoms with Crippen LogP contribution in [0, 0.1) is 6.92 Å². The van der Waals surface area contributed by atoms with Crippen molar-refractivity contribution in [1.29, 1.82) is 0 Å². The van der Waals surface area contributed by atoms with E-state index < -0.39 is 0 Å². The third-order valence-electron chi connectivity index (χ3n) is 4.03. The van der Waals surface area contributed by atoms with Gasteiger partial charge in [0, 0.05) is 29.7 Å². The van der Waals surface area contributed by atoms with E-state index in [0.29, 0.717) is 16.6 Å². The van der Waals surface area contributed by atoms with E-state index in [9.17, 15) is 4.79 Å². The summed E-state index contributed by atoms with van der Waals surface area (Å²) in [4.78, 5) is 16.2. The van der Waals surface area contributed by atoms with Crippen molar-refractivity contribution in [1.82, 2.24) is 10.2 Å². The van der Waals surface area contributed by atoms with E-state index in [1.807, 2.05) is 6.92 Å². The Bertz CT molecular complexity index is 438. The maximum absolute atomic E-state index is 12.0. The molecule has 1 aromatic rings. The van der Waals surface area contributed by atoms with Gasteiger partial charge in [-0.3, -0.25) is 4.79 Å². The summed E-state index contributed by atoms with van der Waals surface area (Å²) in [6.07, 6.45) is 4.98. The zero-order chi connectivity index (χ0) is 14.5. The summed E-state index contributed by atoms with van der Waals surface area (Å²) < 4.78 is 0. The Morgan fingerprint density at radius 2 is 2.35 bits per heavy atom. The summed E-state index contributed by atoms with van der Waals surface area (Å²) in [6.45, 7) is 7.26. The van der Waals surface area contributed by atoms with Gasteiger partial charge in [0.2, 0.25) is 0 Å². The third kappa shape index (κ3) is 3.96. The van der Waals surface area contributed by atoms with Gasteiger partial charge in [-0.05, 0) is 45.7 Å². The van der Waals surface area contributed by atoms with Gasteiger partial charge in [-0.2, -0.15) is 0 Å². The van der Waals surface area contributed by atoms with E-state index in [-0.39, 0.29) is 5.91 Å². The molecule has 1 aliphatic rings. The van der Waals surface area contributed by atoms with Crippen LogP contribution in [0.4, 0.5) is 5.69 Å². The molecule has 5 heteroatoms. The second-order valence-corrected chi connectivity index (χ2v) is 6.87. The predicted octanol–water partition coefficient (Wildman–Crippen LogP) is 2.63. The number of likely N-dealkylation sites (tertiary alicyclic amines) is 1. The number of nitrogens with two attached hydrogens (primary N) is 1. The first kappa shape index (κ1) is 15.3. The summed E-state index contributed by atoms with van der Waals surface area (Å²) in [7, 11) is 0. The van der Waals surface area contributed by atoms with Crippen LogP contribution in [0.15, 0.2) is 6.07 Å². The highest BCUT2D eigenvalue weighted by Gasteiger charge is 2.17. The number of thiophene rings is 1. The smallest absolute Gasteiger partial charge is 0.261 e. The van der Waals surface area contributed by atoms with Gasteiger partial charge in [0.25, 0.3) is 5.91 Å². The van der Waals surface area contributed by atoms with Crippen LogP contribution in [0.25, 0.3) is 0 Å². The molecule has 1 unspecified atom stereocenters. The summed E-state index contributed by atoms with van der Waals surface area (Å²) in [5.74, 6) is 0.00138. The number of carbonyl (C=O) groups excluding carboxylic acids is 1. The number of piperidine rings is 1. The van der Waals surface area contributed by atoms with E-state index >= 15 is 0 Å². The van der Waals surface area contributed by atoms with Gasteiger partial charge < -0.3 is 16.0 Å². The Kier molecular flexibility index (Phi) is 5.43. The molecule has 0 aromatic carbocycles. The topological polar surface area (TPSA) is 58.4 Å². The summed E-state index contributed by atoms with van der Waals surface area (Å²) in [5.41, 5.74) is 6.48. The average molecular weight is 295 g/mol. The number of amides is 1. The zero-order valence-corrected chi connectivity index (χ0v) is 13.3. The lowest BCUT2D eigenvalue weighted by Gasteiger charge is -2.33. The number of rotatable bonds is 5. The van der Waals surface area contributed by atoms with E-state index in [1.165, 1.54) is 37.1 Å². The van der Waals surface area contributed by atoms with Crippen molar-refractivity contribution in [2.45, 2.75) is 45.6 Å². The first-order valence-electron chi connectivity index (χ1n) is 7.46. The summed E-state index contributed by atoms with van der Waals surface area (Å²) in [6, 6.07) is 2.46. The standard InChI is InChI=1S/C15H25N3OS/c1-11-6-3-4-8-18(11)9-5-7-17-15(19)14-10-13(16)12(2)20-14/h10-11H,3-9,16H2,1-2H3,(H,17,19). The number of nitrogens with one attached hydrogen (secondary N) is 1. The summed E-state index contributed by atoms with van der Waals surface area (Å²) in [5, 5.41) is 2.98. The Morgan fingerprint density at radius 3 is 3.00 bits per heavy atom. The fraction of sp³-hybridized carbons (Fsp3) is 0.667. The van der Waals surface area contributed by atoms with Gasteiger partial charge in [0.05, 0.1) is 4.88 Å².